The SMILES string of the molecule is Nc1ccc(F)cc1OC1CC(O)C(O)C1. The normalized spacial score (nSPS) is 29.3. The van der Waals surface area contributed by atoms with Crippen molar-refractivity contribution in [2.75, 3.05) is 5.73 Å². The van der Waals surface area contributed by atoms with Crippen LogP contribution in [-0.2, 0) is 0 Å². The molecule has 2 unspecified atom stereocenters. The number of rotatable bonds is 2. The molecule has 0 amide bonds. The van der Waals surface area contributed by atoms with Gasteiger partial charge in [-0.05, 0) is 12.1 Å². The monoisotopic (exact) mass is 227 g/mol. The average Bonchev–Trinajstić information content (AvgIpc) is 2.52. The molecule has 0 spiro atoms. The van der Waals surface area contributed by atoms with Gasteiger partial charge in [0, 0.05) is 18.9 Å². The van der Waals surface area contributed by atoms with E-state index < -0.39 is 18.0 Å². The predicted octanol–water partition coefficient (Wildman–Crippen LogP) is 0.671. The number of benzene rings is 1. The molecule has 16 heavy (non-hydrogen) atoms. The van der Waals surface area contributed by atoms with Crippen LogP contribution in [0.15, 0.2) is 18.2 Å². The van der Waals surface area contributed by atoms with Gasteiger partial charge in [-0.2, -0.15) is 0 Å². The van der Waals surface area contributed by atoms with E-state index in [1.807, 2.05) is 0 Å². The maximum atomic E-state index is 12.9. The van der Waals surface area contributed by atoms with Gasteiger partial charge in [-0.25, -0.2) is 4.39 Å². The smallest absolute Gasteiger partial charge is 0.145 e. The van der Waals surface area contributed by atoms with Gasteiger partial charge >= 0.3 is 0 Å². The Kier molecular flexibility index (Phi) is 2.98. The van der Waals surface area contributed by atoms with E-state index >= 15 is 0 Å². The van der Waals surface area contributed by atoms with Crippen molar-refractivity contribution < 1.29 is 19.3 Å². The molecule has 1 aromatic carbocycles. The molecule has 2 rings (SSSR count). The van der Waals surface area contributed by atoms with Gasteiger partial charge in [-0.3, -0.25) is 0 Å². The number of hydrogen-bond donors (Lipinski definition) is 3. The van der Waals surface area contributed by atoms with Crippen LogP contribution in [0.1, 0.15) is 12.8 Å². The number of nitrogen functional groups attached to an aromatic ring is 1. The summed E-state index contributed by atoms with van der Waals surface area (Å²) in [5.41, 5.74) is 5.96. The van der Waals surface area contributed by atoms with Gasteiger partial charge in [0.1, 0.15) is 17.7 Å². The molecule has 1 fully saturated rings. The summed E-state index contributed by atoms with van der Waals surface area (Å²) in [6, 6.07) is 3.87. The van der Waals surface area contributed by atoms with Crippen LogP contribution in [0.2, 0.25) is 0 Å². The van der Waals surface area contributed by atoms with Crippen molar-refractivity contribution in [2.24, 2.45) is 0 Å². The topological polar surface area (TPSA) is 75.7 Å². The molecule has 0 bridgehead atoms. The molecular weight excluding hydrogens is 213 g/mol. The van der Waals surface area contributed by atoms with Gasteiger partial charge < -0.3 is 20.7 Å². The highest BCUT2D eigenvalue weighted by atomic mass is 19.1. The molecule has 2 atom stereocenters. The molecule has 1 aliphatic rings. The zero-order chi connectivity index (χ0) is 11.7. The van der Waals surface area contributed by atoms with Gasteiger partial charge in [0.05, 0.1) is 17.9 Å². The lowest BCUT2D eigenvalue weighted by Crippen LogP contribution is -2.17. The van der Waals surface area contributed by atoms with Crippen LogP contribution in [0.3, 0.4) is 0 Å². The summed E-state index contributed by atoms with van der Waals surface area (Å²) in [6.45, 7) is 0. The summed E-state index contributed by atoms with van der Waals surface area (Å²) in [4.78, 5) is 0. The Morgan fingerprint density at radius 2 is 1.88 bits per heavy atom. The van der Waals surface area contributed by atoms with Crippen LogP contribution in [0.5, 0.6) is 5.75 Å². The molecule has 5 heteroatoms. The Labute approximate surface area is 92.5 Å². The fraction of sp³-hybridized carbons (Fsp3) is 0.455. The van der Waals surface area contributed by atoms with Gasteiger partial charge in [0.15, 0.2) is 0 Å². The van der Waals surface area contributed by atoms with Crippen LogP contribution in [0.4, 0.5) is 10.1 Å². The Bertz CT molecular complexity index is 375. The quantitative estimate of drug-likeness (QED) is 0.649. The Morgan fingerprint density at radius 3 is 2.50 bits per heavy atom. The van der Waals surface area contributed by atoms with Crippen molar-refractivity contribution in [3.8, 4) is 5.75 Å². The number of aliphatic hydroxyl groups excluding tert-OH is 2. The van der Waals surface area contributed by atoms with Crippen molar-refractivity contribution in [3.63, 3.8) is 0 Å². The van der Waals surface area contributed by atoms with Crippen LogP contribution in [0, 0.1) is 5.82 Å². The fourth-order valence-corrected chi connectivity index (χ4v) is 1.84. The third-order valence-corrected chi connectivity index (χ3v) is 2.72. The summed E-state index contributed by atoms with van der Waals surface area (Å²) in [5.74, 6) is -0.172. The summed E-state index contributed by atoms with van der Waals surface area (Å²) >= 11 is 0. The van der Waals surface area contributed by atoms with Crippen molar-refractivity contribution in [2.45, 2.75) is 31.2 Å². The molecule has 4 N–H and O–H groups in total. The van der Waals surface area contributed by atoms with Crippen LogP contribution in [0.25, 0.3) is 0 Å². The number of aliphatic hydroxyl groups is 2. The second-order valence-electron chi connectivity index (χ2n) is 4.03. The Hall–Kier alpha value is -1.33. The number of hydrogen-bond acceptors (Lipinski definition) is 4. The molecule has 0 aliphatic heterocycles. The first-order valence-electron chi connectivity index (χ1n) is 5.14. The molecule has 1 aromatic rings. The van der Waals surface area contributed by atoms with Gasteiger partial charge in [-0.15, -0.1) is 0 Å². The minimum atomic E-state index is -0.778. The maximum absolute atomic E-state index is 12.9. The molecule has 0 aromatic heterocycles. The lowest BCUT2D eigenvalue weighted by Gasteiger charge is -2.14. The van der Waals surface area contributed by atoms with Crippen molar-refractivity contribution in [1.29, 1.82) is 0 Å². The molecule has 0 radical (unpaired) electrons. The summed E-state index contributed by atoms with van der Waals surface area (Å²) < 4.78 is 18.4. The second-order valence-corrected chi connectivity index (χ2v) is 4.03. The van der Waals surface area contributed by atoms with E-state index in [1.165, 1.54) is 18.2 Å². The van der Waals surface area contributed by atoms with E-state index in [0.29, 0.717) is 18.5 Å². The minimum Gasteiger partial charge on any atom is -0.488 e. The Balaban J connectivity index is 2.07. The van der Waals surface area contributed by atoms with Crippen LogP contribution in [-0.4, -0.2) is 28.5 Å². The predicted molar refractivity (Wildman–Crippen MR) is 56.5 cm³/mol. The number of ether oxygens (including phenoxy) is 1. The Morgan fingerprint density at radius 1 is 1.25 bits per heavy atom. The lowest BCUT2D eigenvalue weighted by molar-refractivity contribution is 0.0438. The van der Waals surface area contributed by atoms with E-state index in [-0.39, 0.29) is 11.9 Å². The number of nitrogens with two attached hydrogens (primary N) is 1. The highest BCUT2D eigenvalue weighted by Gasteiger charge is 2.33. The maximum Gasteiger partial charge on any atom is 0.145 e. The number of anilines is 1. The van der Waals surface area contributed by atoms with Gasteiger partial charge in [0.2, 0.25) is 0 Å². The van der Waals surface area contributed by atoms with Crippen molar-refractivity contribution in [3.05, 3.63) is 24.0 Å². The minimum absolute atomic E-state index is 0.256. The van der Waals surface area contributed by atoms with Crippen LogP contribution >= 0.6 is 0 Å². The molecule has 4 nitrogen and oxygen atoms in total. The lowest BCUT2D eigenvalue weighted by atomic mass is 10.2. The largest absolute Gasteiger partial charge is 0.488 e. The van der Waals surface area contributed by atoms with E-state index in [1.54, 1.807) is 0 Å². The summed E-state index contributed by atoms with van der Waals surface area (Å²) in [6.07, 6.45) is -1.22. The molecule has 0 heterocycles. The van der Waals surface area contributed by atoms with Gasteiger partial charge in [0.25, 0.3) is 0 Å². The standard InChI is InChI=1S/C11H14FNO3/c12-6-1-2-8(13)11(3-6)16-7-4-9(14)10(15)5-7/h1-3,7,9-10,14-15H,4-5,13H2. The highest BCUT2D eigenvalue weighted by molar-refractivity contribution is 5.52. The second kappa shape index (κ2) is 4.27. The first-order chi connectivity index (χ1) is 7.56. The van der Waals surface area contributed by atoms with Gasteiger partial charge in [-0.1, -0.05) is 0 Å². The zero-order valence-corrected chi connectivity index (χ0v) is 8.64. The third-order valence-electron chi connectivity index (χ3n) is 2.72. The fourth-order valence-electron chi connectivity index (χ4n) is 1.84. The molecule has 1 aliphatic carbocycles. The first-order valence-corrected chi connectivity index (χ1v) is 5.14. The van der Waals surface area contributed by atoms with E-state index in [9.17, 15) is 14.6 Å². The molecule has 88 valence electrons. The van der Waals surface area contributed by atoms with Crippen LogP contribution < -0.4 is 10.5 Å². The third kappa shape index (κ3) is 2.25. The zero-order valence-electron chi connectivity index (χ0n) is 8.64. The first kappa shape index (κ1) is 11.2. The summed E-state index contributed by atoms with van der Waals surface area (Å²) in [7, 11) is 0. The number of halogens is 1. The highest BCUT2D eigenvalue weighted by Crippen LogP contribution is 2.29. The molecule has 0 saturated heterocycles. The summed E-state index contributed by atoms with van der Waals surface area (Å²) in [5, 5.41) is 18.7. The van der Waals surface area contributed by atoms with Crippen molar-refractivity contribution in [1.82, 2.24) is 0 Å². The van der Waals surface area contributed by atoms with E-state index in [2.05, 4.69) is 0 Å². The molecule has 1 saturated carbocycles. The van der Waals surface area contributed by atoms with E-state index in [0.717, 1.165) is 0 Å². The van der Waals surface area contributed by atoms with Crippen molar-refractivity contribution >= 4 is 5.69 Å². The average molecular weight is 227 g/mol. The van der Waals surface area contributed by atoms with E-state index in [4.69, 9.17) is 10.5 Å². The molecular formula is C11H14FNO3.